The summed E-state index contributed by atoms with van der Waals surface area (Å²) in [5.74, 6) is -1.04. The lowest BCUT2D eigenvalue weighted by Crippen LogP contribution is -2.42. The first-order chi connectivity index (χ1) is 21.8. The minimum Gasteiger partial charge on any atom is -0.480 e. The summed E-state index contributed by atoms with van der Waals surface area (Å²) >= 11 is 0. The van der Waals surface area contributed by atoms with Crippen molar-refractivity contribution >= 4 is 23.8 Å². The number of aryl methyl sites for hydroxylation is 1. The zero-order chi connectivity index (χ0) is 31.5. The van der Waals surface area contributed by atoms with Crippen LogP contribution in [0.4, 0.5) is 10.6 Å². The van der Waals surface area contributed by atoms with E-state index >= 15 is 0 Å². The average molecular weight is 602 g/mol. The molecular weight excluding hydrogens is 570 g/mol. The highest BCUT2D eigenvalue weighted by molar-refractivity contribution is 6.06. The highest BCUT2D eigenvalue weighted by Gasteiger charge is 2.30. The number of rotatable bonds is 9. The number of ether oxygens (including phenoxy) is 1. The van der Waals surface area contributed by atoms with Gasteiger partial charge in [-0.1, -0.05) is 72.8 Å². The summed E-state index contributed by atoms with van der Waals surface area (Å²) in [5.41, 5.74) is 7.10. The third kappa shape index (κ3) is 6.03. The molecule has 1 atom stereocenters. The lowest BCUT2D eigenvalue weighted by atomic mass is 9.98. The fraction of sp³-hybridized carbons (Fsp3) is 0.171. The van der Waals surface area contributed by atoms with Crippen LogP contribution in [-0.4, -0.2) is 57.5 Å². The van der Waals surface area contributed by atoms with Crippen LogP contribution in [0.15, 0.2) is 104 Å². The molecule has 3 aromatic carbocycles. The molecule has 0 unspecified atom stereocenters. The minimum absolute atomic E-state index is 0.0557. The van der Waals surface area contributed by atoms with Crippen molar-refractivity contribution in [2.24, 2.45) is 7.05 Å². The number of carbonyl (C=O) groups excluding carboxylic acids is 2. The van der Waals surface area contributed by atoms with Gasteiger partial charge in [0.05, 0.1) is 0 Å². The number of carboxylic acids is 1. The summed E-state index contributed by atoms with van der Waals surface area (Å²) < 4.78 is 7.20. The van der Waals surface area contributed by atoms with Crippen molar-refractivity contribution in [2.75, 3.05) is 18.6 Å². The molecule has 45 heavy (non-hydrogen) atoms. The zero-order valence-electron chi connectivity index (χ0n) is 24.8. The number of benzene rings is 3. The Morgan fingerprint density at radius 3 is 2.16 bits per heavy atom. The highest BCUT2D eigenvalue weighted by atomic mass is 16.5. The summed E-state index contributed by atoms with van der Waals surface area (Å²) in [6.45, 7) is 0.0897. The average Bonchev–Trinajstić information content (AvgIpc) is 3.61. The number of nitrogens with zero attached hydrogens (tertiary/aromatic N) is 4. The van der Waals surface area contributed by atoms with Gasteiger partial charge in [0.15, 0.2) is 5.82 Å². The van der Waals surface area contributed by atoms with Gasteiger partial charge in [0.25, 0.3) is 5.91 Å². The predicted molar refractivity (Wildman–Crippen MR) is 169 cm³/mol. The number of nitrogens with one attached hydrogen (secondary N) is 1. The molecule has 2 heterocycles. The first-order valence-corrected chi connectivity index (χ1v) is 14.5. The smallest absolute Gasteiger partial charge is 0.407 e. The normalized spacial score (nSPS) is 12.6. The molecule has 0 saturated carbocycles. The summed E-state index contributed by atoms with van der Waals surface area (Å²) in [4.78, 5) is 43.4. The molecule has 5 aromatic rings. The molecule has 2 amide bonds. The number of amides is 2. The van der Waals surface area contributed by atoms with Crippen LogP contribution >= 0.6 is 0 Å². The third-order valence-electron chi connectivity index (χ3n) is 8.00. The fourth-order valence-electron chi connectivity index (χ4n) is 5.75. The Labute approximate surface area is 259 Å². The quantitative estimate of drug-likeness (QED) is 0.235. The molecule has 2 aromatic heterocycles. The summed E-state index contributed by atoms with van der Waals surface area (Å²) in [6.07, 6.45) is 4.21. The van der Waals surface area contributed by atoms with E-state index in [1.54, 1.807) is 55.4 Å². The van der Waals surface area contributed by atoms with Crippen molar-refractivity contribution < 1.29 is 24.2 Å². The molecule has 2 N–H and O–H groups in total. The molecule has 0 saturated heterocycles. The maximum absolute atomic E-state index is 13.0. The van der Waals surface area contributed by atoms with Crippen LogP contribution in [0, 0.1) is 0 Å². The van der Waals surface area contributed by atoms with Gasteiger partial charge in [-0.3, -0.25) is 19.4 Å². The third-order valence-corrected chi connectivity index (χ3v) is 8.00. The number of anilines is 1. The number of carboxylic acid groups (broad SMARTS) is 1. The SMILES string of the molecule is CN(C(=O)c1ccncc1)c1nn(C)cc1-c1ccc(C[C@H](NC(=O)OCC2c3ccccc3-c3ccccc32)C(=O)O)cc1. The second-order valence-corrected chi connectivity index (χ2v) is 10.9. The van der Waals surface area contributed by atoms with Gasteiger partial charge in [0.2, 0.25) is 0 Å². The predicted octanol–water partition coefficient (Wildman–Crippen LogP) is 5.29. The van der Waals surface area contributed by atoms with E-state index in [1.807, 2.05) is 54.7 Å². The van der Waals surface area contributed by atoms with E-state index in [0.717, 1.165) is 33.4 Å². The molecule has 1 aliphatic carbocycles. The number of pyridine rings is 1. The monoisotopic (exact) mass is 601 g/mol. The molecule has 0 fully saturated rings. The van der Waals surface area contributed by atoms with E-state index in [1.165, 1.54) is 4.90 Å². The van der Waals surface area contributed by atoms with Gasteiger partial charge in [-0.25, -0.2) is 9.59 Å². The van der Waals surface area contributed by atoms with Crippen molar-refractivity contribution in [3.05, 3.63) is 126 Å². The molecule has 10 nitrogen and oxygen atoms in total. The van der Waals surface area contributed by atoms with E-state index in [2.05, 4.69) is 27.5 Å². The zero-order valence-corrected chi connectivity index (χ0v) is 24.8. The lowest BCUT2D eigenvalue weighted by Gasteiger charge is -2.18. The van der Waals surface area contributed by atoms with Crippen molar-refractivity contribution in [3.8, 4) is 22.3 Å². The van der Waals surface area contributed by atoms with E-state index in [4.69, 9.17) is 4.74 Å². The fourth-order valence-corrected chi connectivity index (χ4v) is 5.75. The molecule has 1 aliphatic rings. The molecule has 226 valence electrons. The molecule has 0 bridgehead atoms. The molecule has 6 rings (SSSR count). The Kier molecular flexibility index (Phi) is 8.11. The molecular formula is C35H31N5O5. The number of fused-ring (bicyclic) bond motifs is 3. The van der Waals surface area contributed by atoms with Crippen molar-refractivity contribution in [1.82, 2.24) is 20.1 Å². The second kappa shape index (κ2) is 12.5. The van der Waals surface area contributed by atoms with Crippen LogP contribution in [-0.2, 0) is 23.0 Å². The van der Waals surface area contributed by atoms with Gasteiger partial charge in [-0.05, 0) is 45.5 Å². The van der Waals surface area contributed by atoms with Gasteiger partial charge < -0.3 is 15.2 Å². The first kappa shape index (κ1) is 29.3. The summed E-state index contributed by atoms with van der Waals surface area (Å²) in [5, 5.41) is 16.9. The van der Waals surface area contributed by atoms with E-state index in [-0.39, 0.29) is 24.9 Å². The van der Waals surface area contributed by atoms with Gasteiger partial charge in [0.1, 0.15) is 12.6 Å². The Bertz CT molecular complexity index is 1820. The first-order valence-electron chi connectivity index (χ1n) is 14.5. The number of alkyl carbamates (subject to hydrolysis) is 1. The van der Waals surface area contributed by atoms with Gasteiger partial charge in [-0.2, -0.15) is 5.10 Å². The Morgan fingerprint density at radius 1 is 0.911 bits per heavy atom. The molecule has 0 radical (unpaired) electrons. The second-order valence-electron chi connectivity index (χ2n) is 10.9. The Morgan fingerprint density at radius 2 is 1.53 bits per heavy atom. The van der Waals surface area contributed by atoms with Crippen LogP contribution < -0.4 is 10.2 Å². The van der Waals surface area contributed by atoms with Crippen LogP contribution in [0.1, 0.15) is 33.0 Å². The molecule has 0 spiro atoms. The molecule has 0 aliphatic heterocycles. The van der Waals surface area contributed by atoms with Crippen LogP contribution in [0.3, 0.4) is 0 Å². The van der Waals surface area contributed by atoms with Gasteiger partial charge >= 0.3 is 12.1 Å². The van der Waals surface area contributed by atoms with Crippen molar-refractivity contribution in [2.45, 2.75) is 18.4 Å². The number of aliphatic carboxylic acids is 1. The summed E-state index contributed by atoms with van der Waals surface area (Å²) in [7, 11) is 3.44. The maximum atomic E-state index is 13.0. The van der Waals surface area contributed by atoms with Gasteiger partial charge in [0, 0.05) is 56.2 Å². The summed E-state index contributed by atoms with van der Waals surface area (Å²) in [6, 6.07) is 25.4. The van der Waals surface area contributed by atoms with Crippen LogP contribution in [0.2, 0.25) is 0 Å². The number of hydrogen-bond donors (Lipinski definition) is 2. The van der Waals surface area contributed by atoms with Crippen LogP contribution in [0.25, 0.3) is 22.3 Å². The van der Waals surface area contributed by atoms with Gasteiger partial charge in [-0.15, -0.1) is 0 Å². The van der Waals surface area contributed by atoms with Crippen molar-refractivity contribution in [3.63, 3.8) is 0 Å². The number of hydrogen-bond acceptors (Lipinski definition) is 6. The Balaban J connectivity index is 1.11. The van der Waals surface area contributed by atoms with Crippen LogP contribution in [0.5, 0.6) is 0 Å². The number of aromatic nitrogens is 3. The Hall–Kier alpha value is -5.77. The number of carbonyl (C=O) groups is 3. The topological polar surface area (TPSA) is 127 Å². The maximum Gasteiger partial charge on any atom is 0.407 e. The van der Waals surface area contributed by atoms with E-state index < -0.39 is 18.1 Å². The van der Waals surface area contributed by atoms with Crippen molar-refractivity contribution in [1.29, 1.82) is 0 Å². The standard InChI is InChI=1S/C35H31N5O5/c1-39-20-29(32(38-39)40(2)33(41)24-15-17-36-18-16-24)23-13-11-22(12-14-23)19-31(34(42)43)37-35(44)45-21-30-27-9-5-3-7-25(27)26-8-4-6-10-28(26)30/h3-18,20,30-31H,19,21H2,1-2H3,(H,37,44)(H,42,43)/t31-/m0/s1. The van der Waals surface area contributed by atoms with E-state index in [9.17, 15) is 19.5 Å². The largest absolute Gasteiger partial charge is 0.480 e. The molecule has 10 heteroatoms. The lowest BCUT2D eigenvalue weighted by molar-refractivity contribution is -0.139. The van der Waals surface area contributed by atoms with E-state index in [0.29, 0.717) is 16.9 Å². The highest BCUT2D eigenvalue weighted by Crippen LogP contribution is 2.44. The minimum atomic E-state index is -1.19.